The summed E-state index contributed by atoms with van der Waals surface area (Å²) in [6.07, 6.45) is 3.22. The van der Waals surface area contributed by atoms with Crippen LogP contribution in [0.25, 0.3) is 0 Å². The number of amides is 1. The number of carbonyl (C=O) groups is 2. The fourth-order valence-electron chi connectivity index (χ4n) is 0.982. The van der Waals surface area contributed by atoms with E-state index in [1.54, 1.807) is 12.4 Å². The van der Waals surface area contributed by atoms with Crippen LogP contribution < -0.4 is 5.32 Å². The number of carboxylic acids is 1. The van der Waals surface area contributed by atoms with Crippen LogP contribution >= 0.6 is 11.8 Å². The minimum atomic E-state index is -0.924. The highest BCUT2D eigenvalue weighted by atomic mass is 32.2. The van der Waals surface area contributed by atoms with Crippen LogP contribution in [0.5, 0.6) is 0 Å². The van der Waals surface area contributed by atoms with Crippen LogP contribution in [0.3, 0.4) is 0 Å². The Morgan fingerprint density at radius 1 is 1.35 bits per heavy atom. The maximum atomic E-state index is 11.3. The maximum absolute atomic E-state index is 11.3. The molecule has 6 nitrogen and oxygen atoms in total. The first-order chi connectivity index (χ1) is 8.08. The Bertz CT molecular complexity index is 394. The van der Waals surface area contributed by atoms with Crippen LogP contribution in [0.1, 0.15) is 11.4 Å². The number of carboxylic acid groups (broad SMARTS) is 1. The van der Waals surface area contributed by atoms with Crippen LogP contribution in [0.15, 0.2) is 12.4 Å². The molecule has 0 aliphatic rings. The zero-order valence-corrected chi connectivity index (χ0v) is 10.2. The van der Waals surface area contributed by atoms with E-state index in [1.165, 1.54) is 0 Å². The predicted molar refractivity (Wildman–Crippen MR) is 63.6 cm³/mol. The third-order valence-corrected chi connectivity index (χ3v) is 2.68. The minimum Gasteiger partial charge on any atom is -0.481 e. The van der Waals surface area contributed by atoms with Gasteiger partial charge in [0, 0.05) is 6.20 Å². The Labute approximate surface area is 103 Å². The van der Waals surface area contributed by atoms with Gasteiger partial charge in [0.15, 0.2) is 0 Å². The van der Waals surface area contributed by atoms with Crippen molar-refractivity contribution in [3.05, 3.63) is 23.8 Å². The number of aryl methyl sites for hydroxylation is 1. The summed E-state index contributed by atoms with van der Waals surface area (Å²) in [5, 5.41) is 11.0. The predicted octanol–water partition coefficient (Wildman–Crippen LogP) is 0.219. The lowest BCUT2D eigenvalue weighted by Gasteiger charge is -2.03. The summed E-state index contributed by atoms with van der Waals surface area (Å²) in [4.78, 5) is 29.6. The van der Waals surface area contributed by atoms with Gasteiger partial charge >= 0.3 is 5.97 Å². The molecule has 92 valence electrons. The lowest BCUT2D eigenvalue weighted by Crippen LogP contribution is -2.25. The molecule has 0 bridgehead atoms. The van der Waals surface area contributed by atoms with E-state index in [0.29, 0.717) is 12.2 Å². The molecule has 1 heterocycles. The summed E-state index contributed by atoms with van der Waals surface area (Å²) in [5.41, 5.74) is 1.49. The highest BCUT2D eigenvalue weighted by Crippen LogP contribution is 1.99. The van der Waals surface area contributed by atoms with E-state index in [9.17, 15) is 9.59 Å². The van der Waals surface area contributed by atoms with E-state index >= 15 is 0 Å². The Morgan fingerprint density at radius 3 is 2.71 bits per heavy atom. The molecule has 0 saturated carbocycles. The van der Waals surface area contributed by atoms with Gasteiger partial charge in [-0.15, -0.1) is 11.8 Å². The first-order valence-corrected chi connectivity index (χ1v) is 6.07. The minimum absolute atomic E-state index is 0.0717. The van der Waals surface area contributed by atoms with Gasteiger partial charge in [0.05, 0.1) is 35.6 Å². The Kier molecular flexibility index (Phi) is 5.41. The van der Waals surface area contributed by atoms with Gasteiger partial charge in [-0.3, -0.25) is 19.6 Å². The van der Waals surface area contributed by atoms with Crippen LogP contribution in [0, 0.1) is 6.92 Å². The zero-order chi connectivity index (χ0) is 12.7. The normalized spacial score (nSPS) is 9.94. The van der Waals surface area contributed by atoms with Gasteiger partial charge in [0.2, 0.25) is 5.91 Å². The highest BCUT2D eigenvalue weighted by Gasteiger charge is 2.04. The van der Waals surface area contributed by atoms with E-state index < -0.39 is 5.97 Å². The number of carbonyl (C=O) groups excluding carboxylic acids is 1. The van der Waals surface area contributed by atoms with E-state index in [1.807, 2.05) is 6.92 Å². The third-order valence-electron chi connectivity index (χ3n) is 1.76. The van der Waals surface area contributed by atoms with Crippen molar-refractivity contribution in [1.29, 1.82) is 0 Å². The summed E-state index contributed by atoms with van der Waals surface area (Å²) >= 11 is 1.06. The first kappa shape index (κ1) is 13.4. The smallest absolute Gasteiger partial charge is 0.313 e. The number of nitrogens with zero attached hydrogens (tertiary/aromatic N) is 2. The van der Waals surface area contributed by atoms with E-state index in [4.69, 9.17) is 5.11 Å². The largest absolute Gasteiger partial charge is 0.481 e. The molecule has 2 N–H and O–H groups in total. The van der Waals surface area contributed by atoms with Gasteiger partial charge in [-0.1, -0.05) is 0 Å². The Hall–Kier alpha value is -1.63. The molecule has 7 heteroatoms. The van der Waals surface area contributed by atoms with Crippen molar-refractivity contribution >= 4 is 23.6 Å². The number of thioether (sulfide) groups is 1. The number of aromatic nitrogens is 2. The molecular weight excluding hydrogens is 242 g/mol. The molecule has 1 amide bonds. The summed E-state index contributed by atoms with van der Waals surface area (Å²) in [7, 11) is 0. The topological polar surface area (TPSA) is 92.2 Å². The van der Waals surface area contributed by atoms with E-state index in [-0.39, 0.29) is 17.4 Å². The monoisotopic (exact) mass is 255 g/mol. The molecule has 1 aromatic heterocycles. The van der Waals surface area contributed by atoms with Gasteiger partial charge in [0.1, 0.15) is 0 Å². The van der Waals surface area contributed by atoms with Gasteiger partial charge in [0.25, 0.3) is 0 Å². The molecule has 1 aromatic rings. The average molecular weight is 255 g/mol. The quantitative estimate of drug-likeness (QED) is 0.755. The summed E-state index contributed by atoms with van der Waals surface area (Å²) in [6, 6.07) is 0. The lowest BCUT2D eigenvalue weighted by atomic mass is 10.4. The number of nitrogens with one attached hydrogen (secondary N) is 1. The Balaban J connectivity index is 2.23. The van der Waals surface area contributed by atoms with Crippen molar-refractivity contribution < 1.29 is 14.7 Å². The molecule has 0 spiro atoms. The van der Waals surface area contributed by atoms with Crippen LogP contribution in [0.4, 0.5) is 0 Å². The van der Waals surface area contributed by atoms with E-state index in [0.717, 1.165) is 17.5 Å². The highest BCUT2D eigenvalue weighted by molar-refractivity contribution is 8.00. The van der Waals surface area contributed by atoms with Crippen molar-refractivity contribution in [3.63, 3.8) is 0 Å². The fourth-order valence-corrected chi connectivity index (χ4v) is 1.55. The maximum Gasteiger partial charge on any atom is 0.313 e. The van der Waals surface area contributed by atoms with Gasteiger partial charge in [-0.25, -0.2) is 0 Å². The third kappa shape index (κ3) is 5.86. The SMILES string of the molecule is Cc1cnc(CNC(=O)CSCC(=O)O)cn1. The standard InChI is InChI=1S/C10H13N3O3S/c1-7-2-12-8(3-11-7)4-13-9(14)5-17-6-10(15)16/h2-3H,4-6H2,1H3,(H,13,14)(H,15,16). The Morgan fingerprint density at radius 2 is 2.12 bits per heavy atom. The molecule has 0 atom stereocenters. The molecule has 0 saturated heterocycles. The van der Waals surface area contributed by atoms with Crippen LogP contribution in [-0.2, 0) is 16.1 Å². The van der Waals surface area contributed by atoms with Gasteiger partial charge in [-0.05, 0) is 6.92 Å². The molecular formula is C10H13N3O3S. The molecule has 0 aromatic carbocycles. The number of rotatable bonds is 6. The average Bonchev–Trinajstić information content (AvgIpc) is 2.28. The first-order valence-electron chi connectivity index (χ1n) is 4.91. The van der Waals surface area contributed by atoms with Gasteiger partial charge < -0.3 is 10.4 Å². The second-order valence-electron chi connectivity index (χ2n) is 3.31. The molecule has 0 unspecified atom stereocenters. The summed E-state index contributed by atoms with van der Waals surface area (Å²) in [5.74, 6) is -1.07. The van der Waals surface area contributed by atoms with Crippen molar-refractivity contribution in [3.8, 4) is 0 Å². The lowest BCUT2D eigenvalue weighted by molar-refractivity contribution is -0.133. The summed E-state index contributed by atoms with van der Waals surface area (Å²) < 4.78 is 0. The van der Waals surface area contributed by atoms with Crippen molar-refractivity contribution in [2.75, 3.05) is 11.5 Å². The molecule has 0 aliphatic heterocycles. The molecule has 0 aliphatic carbocycles. The second-order valence-corrected chi connectivity index (χ2v) is 4.30. The van der Waals surface area contributed by atoms with Crippen molar-refractivity contribution in [1.82, 2.24) is 15.3 Å². The number of aliphatic carboxylic acids is 1. The van der Waals surface area contributed by atoms with E-state index in [2.05, 4.69) is 15.3 Å². The number of hydrogen-bond donors (Lipinski definition) is 2. The molecule has 17 heavy (non-hydrogen) atoms. The second kappa shape index (κ2) is 6.85. The van der Waals surface area contributed by atoms with Crippen LogP contribution in [0.2, 0.25) is 0 Å². The van der Waals surface area contributed by atoms with Crippen molar-refractivity contribution in [2.45, 2.75) is 13.5 Å². The number of hydrogen-bond acceptors (Lipinski definition) is 5. The summed E-state index contributed by atoms with van der Waals surface area (Å²) in [6.45, 7) is 2.14. The molecule has 1 rings (SSSR count). The molecule has 0 fully saturated rings. The zero-order valence-electron chi connectivity index (χ0n) is 9.34. The van der Waals surface area contributed by atoms with Crippen LogP contribution in [-0.4, -0.2) is 38.5 Å². The molecule has 0 radical (unpaired) electrons. The fraction of sp³-hybridized carbons (Fsp3) is 0.400. The van der Waals surface area contributed by atoms with Gasteiger partial charge in [-0.2, -0.15) is 0 Å². The van der Waals surface area contributed by atoms with Crippen molar-refractivity contribution in [2.24, 2.45) is 0 Å².